The molecule has 2 aromatic heterocycles. The third-order valence-electron chi connectivity index (χ3n) is 5.42. The number of nitrogens with zero attached hydrogens (tertiary/aromatic N) is 3. The Hall–Kier alpha value is -2.69. The van der Waals surface area contributed by atoms with Gasteiger partial charge in [-0.1, -0.05) is 49.1 Å². The zero-order valence-corrected chi connectivity index (χ0v) is 15.8. The summed E-state index contributed by atoms with van der Waals surface area (Å²) in [5.74, 6) is 1.28. The number of imidazole rings is 1. The van der Waals surface area contributed by atoms with Crippen LogP contribution in [0.15, 0.2) is 42.6 Å². The molecule has 0 aliphatic heterocycles. The Morgan fingerprint density at radius 1 is 1.15 bits per heavy atom. The second-order valence-corrected chi connectivity index (χ2v) is 7.43. The number of carbonyl (C=O) groups excluding carboxylic acids is 1. The van der Waals surface area contributed by atoms with Gasteiger partial charge in [-0.25, -0.2) is 9.97 Å². The molecule has 1 aromatic carbocycles. The van der Waals surface area contributed by atoms with E-state index in [1.807, 2.05) is 12.1 Å². The van der Waals surface area contributed by atoms with Crippen molar-refractivity contribution in [3.63, 3.8) is 0 Å². The third kappa shape index (κ3) is 3.87. The number of pyridine rings is 1. The maximum atomic E-state index is 12.4. The van der Waals surface area contributed by atoms with Crippen LogP contribution >= 0.6 is 0 Å². The summed E-state index contributed by atoms with van der Waals surface area (Å²) in [5.41, 5.74) is 4.03. The maximum absolute atomic E-state index is 12.4. The number of aromatic nitrogens is 3. The van der Waals surface area contributed by atoms with Gasteiger partial charge in [-0.3, -0.25) is 4.79 Å². The number of nitrogens with one attached hydrogen (secondary N) is 1. The van der Waals surface area contributed by atoms with E-state index in [0.717, 1.165) is 35.4 Å². The molecule has 4 rings (SSSR count). The Balaban J connectivity index is 1.54. The molecule has 2 heterocycles. The molecule has 5 heteroatoms. The number of fused-ring (bicyclic) bond motifs is 1. The molecular formula is C22H26N4O. The van der Waals surface area contributed by atoms with E-state index in [1.54, 1.807) is 6.20 Å². The summed E-state index contributed by atoms with van der Waals surface area (Å²) < 4.78 is 2.11. The molecule has 0 atom stereocenters. The summed E-state index contributed by atoms with van der Waals surface area (Å²) in [6, 6.07) is 12.3. The molecule has 0 unspecified atom stereocenters. The van der Waals surface area contributed by atoms with Gasteiger partial charge in [-0.2, -0.15) is 0 Å². The first-order chi connectivity index (χ1) is 13.2. The first-order valence-corrected chi connectivity index (χ1v) is 9.88. The Labute approximate surface area is 159 Å². The normalized spacial score (nSPS) is 15.1. The van der Waals surface area contributed by atoms with Crippen LogP contribution in [-0.4, -0.2) is 27.0 Å². The van der Waals surface area contributed by atoms with Gasteiger partial charge < -0.3 is 9.88 Å². The summed E-state index contributed by atoms with van der Waals surface area (Å²) in [5, 5.41) is 3.13. The molecular weight excluding hydrogens is 336 g/mol. The lowest BCUT2D eigenvalue weighted by Gasteiger charge is -2.21. The minimum Gasteiger partial charge on any atom is -0.354 e. The van der Waals surface area contributed by atoms with Crippen LogP contribution in [0.1, 0.15) is 37.7 Å². The van der Waals surface area contributed by atoms with E-state index in [9.17, 15) is 4.79 Å². The van der Waals surface area contributed by atoms with Gasteiger partial charge in [0.2, 0.25) is 5.91 Å². The van der Waals surface area contributed by atoms with Crippen LogP contribution in [0, 0.1) is 12.8 Å². The predicted molar refractivity (Wildman–Crippen MR) is 107 cm³/mol. The van der Waals surface area contributed by atoms with E-state index in [0.29, 0.717) is 13.1 Å². The Bertz CT molecular complexity index is 923. The smallest absolute Gasteiger partial charge is 0.223 e. The van der Waals surface area contributed by atoms with Crippen LogP contribution in [-0.2, 0) is 11.3 Å². The molecule has 1 fully saturated rings. The largest absolute Gasteiger partial charge is 0.354 e. The number of hydrogen-bond acceptors (Lipinski definition) is 3. The molecule has 1 saturated carbocycles. The fourth-order valence-electron chi connectivity index (χ4n) is 3.89. The van der Waals surface area contributed by atoms with Crippen molar-refractivity contribution < 1.29 is 4.79 Å². The Morgan fingerprint density at radius 2 is 1.93 bits per heavy atom. The topological polar surface area (TPSA) is 59.8 Å². The van der Waals surface area contributed by atoms with Crippen molar-refractivity contribution in [3.05, 3.63) is 48.2 Å². The van der Waals surface area contributed by atoms with Crippen molar-refractivity contribution in [1.29, 1.82) is 0 Å². The molecule has 140 valence electrons. The molecule has 0 radical (unpaired) electrons. The van der Waals surface area contributed by atoms with Crippen LogP contribution < -0.4 is 5.32 Å². The van der Waals surface area contributed by atoms with E-state index in [2.05, 4.69) is 46.1 Å². The van der Waals surface area contributed by atoms with Crippen LogP contribution in [0.25, 0.3) is 22.6 Å². The van der Waals surface area contributed by atoms with E-state index >= 15 is 0 Å². The highest BCUT2D eigenvalue weighted by Gasteiger charge is 2.21. The predicted octanol–water partition coefficient (Wildman–Crippen LogP) is 4.10. The maximum Gasteiger partial charge on any atom is 0.223 e. The first-order valence-electron chi connectivity index (χ1n) is 9.88. The van der Waals surface area contributed by atoms with Crippen molar-refractivity contribution >= 4 is 17.1 Å². The van der Waals surface area contributed by atoms with Gasteiger partial charge in [-0.05, 0) is 31.9 Å². The second-order valence-electron chi connectivity index (χ2n) is 7.43. The van der Waals surface area contributed by atoms with E-state index in [1.165, 1.54) is 24.8 Å². The SMILES string of the molecule is Cc1ccc(-c2nc3cccnc3n2CCNC(=O)C2CCCCC2)cc1. The van der Waals surface area contributed by atoms with E-state index in [-0.39, 0.29) is 11.8 Å². The Kier molecular flexibility index (Phi) is 5.19. The van der Waals surface area contributed by atoms with E-state index < -0.39 is 0 Å². The number of benzene rings is 1. The fraction of sp³-hybridized carbons (Fsp3) is 0.409. The minimum atomic E-state index is 0.188. The van der Waals surface area contributed by atoms with Crippen molar-refractivity contribution in [2.45, 2.75) is 45.6 Å². The van der Waals surface area contributed by atoms with Gasteiger partial charge >= 0.3 is 0 Å². The van der Waals surface area contributed by atoms with Gasteiger partial charge in [0.15, 0.2) is 5.65 Å². The quantitative estimate of drug-likeness (QED) is 0.743. The standard InChI is InChI=1S/C22H26N4O/c1-16-9-11-17(12-10-16)20-25-19-8-5-13-23-21(19)26(20)15-14-24-22(27)18-6-3-2-4-7-18/h5,8-13,18H,2-4,6-7,14-15H2,1H3,(H,24,27). The zero-order chi connectivity index (χ0) is 18.6. The minimum absolute atomic E-state index is 0.188. The number of hydrogen-bond donors (Lipinski definition) is 1. The zero-order valence-electron chi connectivity index (χ0n) is 15.8. The lowest BCUT2D eigenvalue weighted by atomic mass is 9.89. The van der Waals surface area contributed by atoms with Crippen LogP contribution in [0.5, 0.6) is 0 Å². The molecule has 5 nitrogen and oxygen atoms in total. The summed E-state index contributed by atoms with van der Waals surface area (Å²) in [4.78, 5) is 21.7. The van der Waals surface area contributed by atoms with Gasteiger partial charge in [0.05, 0.1) is 0 Å². The fourth-order valence-corrected chi connectivity index (χ4v) is 3.89. The first kappa shape index (κ1) is 17.7. The highest BCUT2D eigenvalue weighted by molar-refractivity contribution is 5.79. The summed E-state index contributed by atoms with van der Waals surface area (Å²) in [6.07, 6.45) is 7.44. The number of amides is 1. The lowest BCUT2D eigenvalue weighted by molar-refractivity contribution is -0.125. The molecule has 0 spiro atoms. The van der Waals surface area contributed by atoms with Gasteiger partial charge in [-0.15, -0.1) is 0 Å². The van der Waals surface area contributed by atoms with Crippen molar-refractivity contribution in [1.82, 2.24) is 19.9 Å². The molecule has 1 N–H and O–H groups in total. The number of rotatable bonds is 5. The molecule has 1 aliphatic rings. The van der Waals surface area contributed by atoms with Gasteiger partial charge in [0, 0.05) is 30.8 Å². The van der Waals surface area contributed by atoms with Crippen LogP contribution in [0.3, 0.4) is 0 Å². The van der Waals surface area contributed by atoms with Gasteiger partial charge in [0.1, 0.15) is 11.3 Å². The monoisotopic (exact) mass is 362 g/mol. The highest BCUT2D eigenvalue weighted by Crippen LogP contribution is 2.25. The Morgan fingerprint density at radius 3 is 2.70 bits per heavy atom. The molecule has 0 bridgehead atoms. The van der Waals surface area contributed by atoms with Gasteiger partial charge in [0.25, 0.3) is 0 Å². The third-order valence-corrected chi connectivity index (χ3v) is 5.42. The van der Waals surface area contributed by atoms with Crippen LogP contribution in [0.2, 0.25) is 0 Å². The van der Waals surface area contributed by atoms with Crippen LogP contribution in [0.4, 0.5) is 0 Å². The number of aryl methyl sites for hydroxylation is 1. The average molecular weight is 362 g/mol. The molecule has 3 aromatic rings. The molecule has 27 heavy (non-hydrogen) atoms. The summed E-state index contributed by atoms with van der Waals surface area (Å²) in [7, 11) is 0. The summed E-state index contributed by atoms with van der Waals surface area (Å²) >= 11 is 0. The molecule has 1 amide bonds. The number of carbonyl (C=O) groups is 1. The van der Waals surface area contributed by atoms with Crippen molar-refractivity contribution in [3.8, 4) is 11.4 Å². The summed E-state index contributed by atoms with van der Waals surface area (Å²) in [6.45, 7) is 3.33. The lowest BCUT2D eigenvalue weighted by Crippen LogP contribution is -2.34. The molecule has 1 aliphatic carbocycles. The highest BCUT2D eigenvalue weighted by atomic mass is 16.1. The van der Waals surface area contributed by atoms with Crippen molar-refractivity contribution in [2.75, 3.05) is 6.54 Å². The second kappa shape index (κ2) is 7.91. The van der Waals surface area contributed by atoms with Crippen molar-refractivity contribution in [2.24, 2.45) is 5.92 Å². The van der Waals surface area contributed by atoms with E-state index in [4.69, 9.17) is 4.98 Å². The molecule has 0 saturated heterocycles. The average Bonchev–Trinajstić information content (AvgIpc) is 3.08.